The SMILES string of the molecule is CC1(O)CC2(CCN2)C1. The topological polar surface area (TPSA) is 32.3 Å². The van der Waals surface area contributed by atoms with Gasteiger partial charge >= 0.3 is 0 Å². The first-order valence-corrected chi connectivity index (χ1v) is 3.59. The molecule has 0 unspecified atom stereocenters. The maximum absolute atomic E-state index is 9.37. The summed E-state index contributed by atoms with van der Waals surface area (Å²) in [7, 11) is 0. The fourth-order valence-electron chi connectivity index (χ4n) is 2.19. The van der Waals surface area contributed by atoms with Crippen LogP contribution in [0.1, 0.15) is 26.2 Å². The minimum atomic E-state index is -0.354. The fraction of sp³-hybridized carbons (Fsp3) is 1.00. The molecule has 2 N–H and O–H groups in total. The normalized spacial score (nSPS) is 56.7. The van der Waals surface area contributed by atoms with Crippen LogP contribution < -0.4 is 5.32 Å². The van der Waals surface area contributed by atoms with Gasteiger partial charge in [0.05, 0.1) is 5.60 Å². The quantitative estimate of drug-likeness (QED) is 0.489. The Bertz CT molecular complexity index is 128. The Hall–Kier alpha value is -0.0800. The molecule has 2 fully saturated rings. The van der Waals surface area contributed by atoms with E-state index in [1.807, 2.05) is 6.92 Å². The molecule has 0 aromatic carbocycles. The highest BCUT2D eigenvalue weighted by Crippen LogP contribution is 2.46. The van der Waals surface area contributed by atoms with Crippen LogP contribution in [-0.4, -0.2) is 22.8 Å². The van der Waals surface area contributed by atoms with E-state index >= 15 is 0 Å². The van der Waals surface area contributed by atoms with Gasteiger partial charge in [-0.3, -0.25) is 0 Å². The molecule has 1 saturated carbocycles. The highest BCUT2D eigenvalue weighted by Gasteiger charge is 2.53. The van der Waals surface area contributed by atoms with Crippen LogP contribution in [0.5, 0.6) is 0 Å². The van der Waals surface area contributed by atoms with Crippen molar-refractivity contribution in [3.05, 3.63) is 0 Å². The van der Waals surface area contributed by atoms with Gasteiger partial charge in [-0.2, -0.15) is 0 Å². The highest BCUT2D eigenvalue weighted by atomic mass is 16.3. The van der Waals surface area contributed by atoms with Gasteiger partial charge in [0.25, 0.3) is 0 Å². The molecule has 0 amide bonds. The summed E-state index contributed by atoms with van der Waals surface area (Å²) >= 11 is 0. The lowest BCUT2D eigenvalue weighted by atomic mass is 9.61. The van der Waals surface area contributed by atoms with Gasteiger partial charge in [-0.05, 0) is 32.7 Å². The Morgan fingerprint density at radius 3 is 2.11 bits per heavy atom. The lowest BCUT2D eigenvalue weighted by molar-refractivity contribution is -0.111. The molecule has 0 aromatic heterocycles. The van der Waals surface area contributed by atoms with Crippen molar-refractivity contribution in [2.24, 2.45) is 0 Å². The second kappa shape index (κ2) is 1.32. The van der Waals surface area contributed by atoms with Crippen molar-refractivity contribution in [3.8, 4) is 0 Å². The number of rotatable bonds is 0. The standard InChI is InChI=1S/C7H13NO/c1-6(9)4-7(5-6)2-3-8-7/h8-9H,2-5H2,1H3. The second-order valence-electron chi connectivity index (χ2n) is 3.81. The highest BCUT2D eigenvalue weighted by molar-refractivity contribution is 5.12. The van der Waals surface area contributed by atoms with E-state index in [-0.39, 0.29) is 5.60 Å². The second-order valence-corrected chi connectivity index (χ2v) is 3.81. The Morgan fingerprint density at radius 2 is 2.00 bits per heavy atom. The molecule has 1 saturated heterocycles. The third-order valence-electron chi connectivity index (χ3n) is 2.54. The molecule has 1 aliphatic carbocycles. The number of aliphatic hydroxyl groups is 1. The van der Waals surface area contributed by atoms with Crippen LogP contribution in [0, 0.1) is 0 Å². The van der Waals surface area contributed by atoms with E-state index in [9.17, 15) is 5.11 Å². The smallest absolute Gasteiger partial charge is 0.0654 e. The minimum Gasteiger partial charge on any atom is -0.390 e. The third kappa shape index (κ3) is 0.700. The summed E-state index contributed by atoms with van der Waals surface area (Å²) in [5.74, 6) is 0. The van der Waals surface area contributed by atoms with Crippen molar-refractivity contribution in [3.63, 3.8) is 0 Å². The Labute approximate surface area is 55.3 Å². The molecule has 1 heterocycles. The van der Waals surface area contributed by atoms with Crippen LogP contribution in [0.25, 0.3) is 0 Å². The monoisotopic (exact) mass is 127 g/mol. The maximum atomic E-state index is 9.37. The van der Waals surface area contributed by atoms with E-state index in [1.165, 1.54) is 6.42 Å². The van der Waals surface area contributed by atoms with Crippen LogP contribution >= 0.6 is 0 Å². The summed E-state index contributed by atoms with van der Waals surface area (Å²) < 4.78 is 0. The Balaban J connectivity index is 1.96. The lowest BCUT2D eigenvalue weighted by Crippen LogP contribution is -2.70. The number of hydrogen-bond donors (Lipinski definition) is 2. The summed E-state index contributed by atoms with van der Waals surface area (Å²) in [5, 5.41) is 12.7. The Kier molecular flexibility index (Phi) is 0.837. The van der Waals surface area contributed by atoms with Gasteiger partial charge < -0.3 is 10.4 Å². The summed E-state index contributed by atoms with van der Waals surface area (Å²) in [5.41, 5.74) is 0.0247. The lowest BCUT2D eigenvalue weighted by Gasteiger charge is -2.58. The molecule has 0 bridgehead atoms. The molecule has 2 rings (SSSR count). The van der Waals surface area contributed by atoms with Crippen molar-refractivity contribution in [1.29, 1.82) is 0 Å². The molecular weight excluding hydrogens is 114 g/mol. The van der Waals surface area contributed by atoms with Gasteiger partial charge in [-0.15, -0.1) is 0 Å². The molecule has 2 heteroatoms. The summed E-state index contributed by atoms with van der Waals surface area (Å²) in [6.45, 7) is 3.06. The van der Waals surface area contributed by atoms with Crippen molar-refractivity contribution in [2.75, 3.05) is 6.54 Å². The van der Waals surface area contributed by atoms with Crippen LogP contribution in [0.3, 0.4) is 0 Å². The van der Waals surface area contributed by atoms with Crippen molar-refractivity contribution < 1.29 is 5.11 Å². The first kappa shape index (κ1) is 5.69. The van der Waals surface area contributed by atoms with Gasteiger partial charge in [-0.25, -0.2) is 0 Å². The van der Waals surface area contributed by atoms with Crippen LogP contribution in [0.2, 0.25) is 0 Å². The van der Waals surface area contributed by atoms with E-state index in [4.69, 9.17) is 0 Å². The first-order chi connectivity index (χ1) is 4.12. The summed E-state index contributed by atoms with van der Waals surface area (Å²) in [6.07, 6.45) is 3.18. The summed E-state index contributed by atoms with van der Waals surface area (Å²) in [4.78, 5) is 0. The predicted molar refractivity (Wildman–Crippen MR) is 35.2 cm³/mol. The zero-order valence-corrected chi connectivity index (χ0v) is 5.78. The van der Waals surface area contributed by atoms with E-state index in [2.05, 4.69) is 5.32 Å². The van der Waals surface area contributed by atoms with Crippen molar-refractivity contribution in [2.45, 2.75) is 37.3 Å². The third-order valence-corrected chi connectivity index (χ3v) is 2.54. The van der Waals surface area contributed by atoms with E-state index < -0.39 is 0 Å². The number of hydrogen-bond acceptors (Lipinski definition) is 2. The van der Waals surface area contributed by atoms with Crippen LogP contribution in [0.4, 0.5) is 0 Å². The van der Waals surface area contributed by atoms with Crippen LogP contribution in [-0.2, 0) is 0 Å². The van der Waals surface area contributed by atoms with E-state index in [0.29, 0.717) is 5.54 Å². The molecule has 2 nitrogen and oxygen atoms in total. The van der Waals surface area contributed by atoms with Gasteiger partial charge in [-0.1, -0.05) is 0 Å². The van der Waals surface area contributed by atoms with Gasteiger partial charge in [0.15, 0.2) is 0 Å². The molecule has 0 aromatic rings. The van der Waals surface area contributed by atoms with Crippen molar-refractivity contribution in [1.82, 2.24) is 5.32 Å². The Morgan fingerprint density at radius 1 is 1.44 bits per heavy atom. The number of nitrogens with one attached hydrogen (secondary N) is 1. The van der Waals surface area contributed by atoms with Crippen molar-refractivity contribution >= 4 is 0 Å². The molecule has 0 atom stereocenters. The average molecular weight is 127 g/mol. The van der Waals surface area contributed by atoms with E-state index in [0.717, 1.165) is 19.4 Å². The largest absolute Gasteiger partial charge is 0.390 e. The summed E-state index contributed by atoms with van der Waals surface area (Å²) in [6, 6.07) is 0. The minimum absolute atomic E-state index is 0.354. The van der Waals surface area contributed by atoms with Gasteiger partial charge in [0.1, 0.15) is 0 Å². The predicted octanol–water partition coefficient (Wildman–Crippen LogP) is 0.263. The van der Waals surface area contributed by atoms with E-state index in [1.54, 1.807) is 0 Å². The van der Waals surface area contributed by atoms with Gasteiger partial charge in [0.2, 0.25) is 0 Å². The molecule has 52 valence electrons. The molecule has 9 heavy (non-hydrogen) atoms. The first-order valence-electron chi connectivity index (χ1n) is 3.59. The zero-order chi connectivity index (χ0) is 6.54. The zero-order valence-electron chi connectivity index (χ0n) is 5.78. The van der Waals surface area contributed by atoms with Gasteiger partial charge in [0, 0.05) is 5.54 Å². The molecule has 2 aliphatic rings. The van der Waals surface area contributed by atoms with Crippen LogP contribution in [0.15, 0.2) is 0 Å². The molecule has 1 spiro atoms. The molecule has 1 aliphatic heterocycles. The maximum Gasteiger partial charge on any atom is 0.0654 e. The molecule has 0 radical (unpaired) electrons. The fourth-order valence-corrected chi connectivity index (χ4v) is 2.19. The molecular formula is C7H13NO. The average Bonchev–Trinajstić information content (AvgIpc) is 1.54.